The second-order valence-electron chi connectivity index (χ2n) is 4.34. The van der Waals surface area contributed by atoms with Crippen LogP contribution in [0.2, 0.25) is 0 Å². The van der Waals surface area contributed by atoms with Crippen molar-refractivity contribution < 1.29 is 9.47 Å². The fourth-order valence-electron chi connectivity index (χ4n) is 2.20. The monoisotopic (exact) mass is 261 g/mol. The van der Waals surface area contributed by atoms with Crippen LogP contribution in [0.1, 0.15) is 11.4 Å². The topological polar surface area (TPSA) is 62.3 Å². The molecule has 2 N–H and O–H groups in total. The van der Waals surface area contributed by atoms with E-state index >= 15 is 0 Å². The molecule has 5 heteroatoms. The molecular formula is C14H19N3O2. The predicted octanol–water partition coefficient (Wildman–Crippen LogP) is 1.87. The third kappa shape index (κ3) is 2.29. The van der Waals surface area contributed by atoms with Gasteiger partial charge in [-0.1, -0.05) is 0 Å². The standard InChI is InChI=1S/C14H19N3O2/c1-9-5-10(18-3)6-12(19-4)14(9)11-8-16-13(7-15)17(11)2/h5-6,8H,7,15H2,1-4H3. The summed E-state index contributed by atoms with van der Waals surface area (Å²) in [7, 11) is 5.25. The normalized spacial score (nSPS) is 10.6. The molecule has 1 heterocycles. The molecule has 1 aromatic heterocycles. The first-order valence-corrected chi connectivity index (χ1v) is 6.06. The van der Waals surface area contributed by atoms with Gasteiger partial charge in [-0.25, -0.2) is 4.98 Å². The minimum absolute atomic E-state index is 0.411. The van der Waals surface area contributed by atoms with Crippen LogP contribution < -0.4 is 15.2 Å². The van der Waals surface area contributed by atoms with Crippen LogP contribution in [0.4, 0.5) is 0 Å². The summed E-state index contributed by atoms with van der Waals surface area (Å²) in [6.45, 7) is 2.43. The van der Waals surface area contributed by atoms with Crippen LogP contribution in [0.25, 0.3) is 11.3 Å². The number of imidazole rings is 1. The van der Waals surface area contributed by atoms with E-state index in [1.165, 1.54) is 0 Å². The Morgan fingerprint density at radius 2 is 2.00 bits per heavy atom. The minimum Gasteiger partial charge on any atom is -0.497 e. The van der Waals surface area contributed by atoms with Crippen molar-refractivity contribution in [2.24, 2.45) is 12.8 Å². The van der Waals surface area contributed by atoms with Crippen LogP contribution in [0.3, 0.4) is 0 Å². The van der Waals surface area contributed by atoms with Crippen molar-refractivity contribution in [3.63, 3.8) is 0 Å². The zero-order valence-corrected chi connectivity index (χ0v) is 11.7. The lowest BCUT2D eigenvalue weighted by Gasteiger charge is -2.14. The van der Waals surface area contributed by atoms with Crippen molar-refractivity contribution in [2.45, 2.75) is 13.5 Å². The predicted molar refractivity (Wildman–Crippen MR) is 74.4 cm³/mol. The van der Waals surface area contributed by atoms with Gasteiger partial charge in [-0.05, 0) is 18.6 Å². The van der Waals surface area contributed by atoms with Crippen molar-refractivity contribution in [3.05, 3.63) is 29.7 Å². The highest BCUT2D eigenvalue weighted by atomic mass is 16.5. The fraction of sp³-hybridized carbons (Fsp3) is 0.357. The molecule has 0 aliphatic carbocycles. The maximum atomic E-state index is 5.66. The molecule has 0 unspecified atom stereocenters. The number of aryl methyl sites for hydroxylation is 1. The Balaban J connectivity index is 2.63. The van der Waals surface area contributed by atoms with Gasteiger partial charge in [0, 0.05) is 18.7 Å². The molecule has 0 aliphatic heterocycles. The first kappa shape index (κ1) is 13.4. The molecule has 2 aromatic rings. The zero-order valence-electron chi connectivity index (χ0n) is 11.7. The van der Waals surface area contributed by atoms with E-state index in [0.29, 0.717) is 6.54 Å². The first-order valence-electron chi connectivity index (χ1n) is 6.06. The smallest absolute Gasteiger partial charge is 0.132 e. The van der Waals surface area contributed by atoms with Crippen molar-refractivity contribution in [3.8, 4) is 22.8 Å². The number of hydrogen-bond acceptors (Lipinski definition) is 4. The van der Waals surface area contributed by atoms with Crippen LogP contribution >= 0.6 is 0 Å². The fourth-order valence-corrected chi connectivity index (χ4v) is 2.20. The highest BCUT2D eigenvalue weighted by Crippen LogP contribution is 2.36. The van der Waals surface area contributed by atoms with Gasteiger partial charge in [-0.15, -0.1) is 0 Å². The van der Waals surface area contributed by atoms with E-state index < -0.39 is 0 Å². The maximum absolute atomic E-state index is 5.66. The molecule has 2 rings (SSSR count). The lowest BCUT2D eigenvalue weighted by atomic mass is 10.0. The van der Waals surface area contributed by atoms with Crippen LogP contribution in [-0.4, -0.2) is 23.8 Å². The molecule has 0 amide bonds. The number of nitrogens with zero attached hydrogens (tertiary/aromatic N) is 2. The van der Waals surface area contributed by atoms with Crippen LogP contribution in [0.15, 0.2) is 18.3 Å². The number of ether oxygens (including phenoxy) is 2. The van der Waals surface area contributed by atoms with Gasteiger partial charge in [0.05, 0.1) is 32.7 Å². The molecule has 0 saturated carbocycles. The Hall–Kier alpha value is -2.01. The third-order valence-corrected chi connectivity index (χ3v) is 3.25. The summed E-state index contributed by atoms with van der Waals surface area (Å²) in [5.41, 5.74) is 8.73. The maximum Gasteiger partial charge on any atom is 0.132 e. The molecule has 19 heavy (non-hydrogen) atoms. The van der Waals surface area contributed by atoms with Gasteiger partial charge in [-0.3, -0.25) is 0 Å². The van der Waals surface area contributed by atoms with Crippen LogP contribution in [-0.2, 0) is 13.6 Å². The molecule has 0 aliphatic rings. The van der Waals surface area contributed by atoms with Crippen LogP contribution in [0, 0.1) is 6.92 Å². The SMILES string of the molecule is COc1cc(C)c(-c2cnc(CN)n2C)c(OC)c1. The van der Waals surface area contributed by atoms with E-state index in [2.05, 4.69) is 4.98 Å². The lowest BCUT2D eigenvalue weighted by molar-refractivity contribution is 0.394. The van der Waals surface area contributed by atoms with E-state index in [4.69, 9.17) is 15.2 Å². The highest BCUT2D eigenvalue weighted by Gasteiger charge is 2.16. The summed E-state index contributed by atoms with van der Waals surface area (Å²) in [4.78, 5) is 4.32. The van der Waals surface area contributed by atoms with Crippen molar-refractivity contribution in [1.82, 2.24) is 9.55 Å². The minimum atomic E-state index is 0.411. The summed E-state index contributed by atoms with van der Waals surface area (Å²) in [5.74, 6) is 2.38. The number of aromatic nitrogens is 2. The molecule has 0 bridgehead atoms. The Bertz CT molecular complexity index is 591. The molecule has 0 atom stereocenters. The second kappa shape index (κ2) is 5.32. The summed E-state index contributed by atoms with van der Waals surface area (Å²) >= 11 is 0. The van der Waals surface area contributed by atoms with Gasteiger partial charge < -0.3 is 19.8 Å². The van der Waals surface area contributed by atoms with E-state index in [1.807, 2.05) is 36.9 Å². The van der Waals surface area contributed by atoms with Gasteiger partial charge in [0.2, 0.25) is 0 Å². The van der Waals surface area contributed by atoms with Crippen molar-refractivity contribution >= 4 is 0 Å². The van der Waals surface area contributed by atoms with E-state index in [0.717, 1.165) is 34.1 Å². The Kier molecular flexibility index (Phi) is 3.76. The molecule has 0 radical (unpaired) electrons. The number of hydrogen-bond donors (Lipinski definition) is 1. The van der Waals surface area contributed by atoms with Gasteiger partial charge in [0.25, 0.3) is 0 Å². The Morgan fingerprint density at radius 1 is 1.26 bits per heavy atom. The first-order chi connectivity index (χ1) is 9.12. The summed E-state index contributed by atoms with van der Waals surface area (Å²) in [5, 5.41) is 0. The van der Waals surface area contributed by atoms with Gasteiger partial charge in [-0.2, -0.15) is 0 Å². The second-order valence-corrected chi connectivity index (χ2v) is 4.34. The average molecular weight is 261 g/mol. The number of methoxy groups -OCH3 is 2. The van der Waals surface area contributed by atoms with E-state index in [-0.39, 0.29) is 0 Å². The van der Waals surface area contributed by atoms with Gasteiger partial charge in [0.15, 0.2) is 0 Å². The molecular weight excluding hydrogens is 242 g/mol. The van der Waals surface area contributed by atoms with E-state index in [1.54, 1.807) is 14.2 Å². The molecule has 1 aromatic carbocycles. The highest BCUT2D eigenvalue weighted by molar-refractivity contribution is 5.72. The summed E-state index contributed by atoms with van der Waals surface area (Å²) < 4.78 is 12.7. The summed E-state index contributed by atoms with van der Waals surface area (Å²) in [6, 6.07) is 3.85. The molecule has 0 spiro atoms. The lowest BCUT2D eigenvalue weighted by Crippen LogP contribution is -2.06. The zero-order chi connectivity index (χ0) is 14.0. The number of benzene rings is 1. The molecule has 102 valence electrons. The largest absolute Gasteiger partial charge is 0.497 e. The number of rotatable bonds is 4. The molecule has 0 fully saturated rings. The molecule has 0 saturated heterocycles. The quantitative estimate of drug-likeness (QED) is 0.912. The van der Waals surface area contributed by atoms with Crippen molar-refractivity contribution in [2.75, 3.05) is 14.2 Å². The Labute approximate surface area is 113 Å². The Morgan fingerprint density at radius 3 is 2.53 bits per heavy atom. The summed E-state index contributed by atoms with van der Waals surface area (Å²) in [6.07, 6.45) is 1.82. The third-order valence-electron chi connectivity index (χ3n) is 3.25. The van der Waals surface area contributed by atoms with Crippen LogP contribution in [0.5, 0.6) is 11.5 Å². The molecule has 5 nitrogen and oxygen atoms in total. The van der Waals surface area contributed by atoms with Crippen molar-refractivity contribution in [1.29, 1.82) is 0 Å². The van der Waals surface area contributed by atoms with E-state index in [9.17, 15) is 0 Å². The average Bonchev–Trinajstić information content (AvgIpc) is 2.78. The number of nitrogens with two attached hydrogens (primary N) is 1. The van der Waals surface area contributed by atoms with Gasteiger partial charge in [0.1, 0.15) is 17.3 Å². The van der Waals surface area contributed by atoms with Gasteiger partial charge >= 0.3 is 0 Å².